The smallest absolute Gasteiger partial charge is 0.306 e. The fourth-order valence-electron chi connectivity index (χ4n) is 2.06. The molecule has 0 radical (unpaired) electrons. The Morgan fingerprint density at radius 1 is 1.05 bits per heavy atom. The summed E-state index contributed by atoms with van der Waals surface area (Å²) >= 11 is 0. The average molecular weight is 268 g/mol. The molecule has 104 valence electrons. The molecule has 2 heteroatoms. The predicted octanol–water partition coefficient (Wildman–Crippen LogP) is 4.23. The molecule has 0 aliphatic heterocycles. The van der Waals surface area contributed by atoms with Crippen LogP contribution in [0.5, 0.6) is 0 Å². The van der Waals surface area contributed by atoms with Gasteiger partial charge in [-0.3, -0.25) is 4.79 Å². The van der Waals surface area contributed by atoms with Gasteiger partial charge in [0, 0.05) is 0 Å². The van der Waals surface area contributed by atoms with Crippen LogP contribution in [0, 0.1) is 6.92 Å². The Bertz CT molecular complexity index is 543. The molecule has 0 amide bonds. The Balaban J connectivity index is 1.83. The van der Waals surface area contributed by atoms with Crippen molar-refractivity contribution in [3.05, 3.63) is 71.3 Å². The molecular formula is C18H20O2. The van der Waals surface area contributed by atoms with E-state index in [9.17, 15) is 4.79 Å². The Kier molecular flexibility index (Phi) is 4.94. The van der Waals surface area contributed by atoms with Crippen LogP contribution in [-0.4, -0.2) is 5.97 Å². The molecule has 0 fully saturated rings. The summed E-state index contributed by atoms with van der Waals surface area (Å²) in [5, 5.41) is 0. The maximum atomic E-state index is 11.8. The summed E-state index contributed by atoms with van der Waals surface area (Å²) in [5.74, 6) is 0.0285. The van der Waals surface area contributed by atoms with Gasteiger partial charge in [-0.25, -0.2) is 0 Å². The van der Waals surface area contributed by atoms with Gasteiger partial charge in [0.1, 0.15) is 6.61 Å². The van der Waals surface area contributed by atoms with Crippen molar-refractivity contribution in [1.82, 2.24) is 0 Å². The molecule has 0 aliphatic carbocycles. The second kappa shape index (κ2) is 6.90. The highest BCUT2D eigenvalue weighted by atomic mass is 16.5. The molecule has 0 heterocycles. The lowest BCUT2D eigenvalue weighted by atomic mass is 9.97. The van der Waals surface area contributed by atoms with E-state index in [0.29, 0.717) is 13.0 Å². The van der Waals surface area contributed by atoms with Crippen LogP contribution in [0.1, 0.15) is 36.0 Å². The fourth-order valence-corrected chi connectivity index (χ4v) is 2.06. The third kappa shape index (κ3) is 4.23. The van der Waals surface area contributed by atoms with Gasteiger partial charge in [-0.15, -0.1) is 0 Å². The lowest BCUT2D eigenvalue weighted by molar-refractivity contribution is -0.145. The normalized spacial score (nSPS) is 11.9. The molecule has 0 N–H and O–H groups in total. The van der Waals surface area contributed by atoms with E-state index < -0.39 is 0 Å². The van der Waals surface area contributed by atoms with Gasteiger partial charge in [0.05, 0.1) is 6.42 Å². The number of carbonyl (C=O) groups excluding carboxylic acids is 1. The third-order valence-electron chi connectivity index (χ3n) is 3.36. The summed E-state index contributed by atoms with van der Waals surface area (Å²) in [7, 11) is 0. The summed E-state index contributed by atoms with van der Waals surface area (Å²) in [4.78, 5) is 11.8. The summed E-state index contributed by atoms with van der Waals surface area (Å²) in [6.07, 6.45) is 0.413. The number of benzene rings is 2. The largest absolute Gasteiger partial charge is 0.461 e. The van der Waals surface area contributed by atoms with Crippen molar-refractivity contribution in [2.24, 2.45) is 0 Å². The zero-order valence-corrected chi connectivity index (χ0v) is 12.0. The first-order valence-corrected chi connectivity index (χ1v) is 6.91. The summed E-state index contributed by atoms with van der Waals surface area (Å²) in [6, 6.07) is 18.0. The van der Waals surface area contributed by atoms with E-state index in [4.69, 9.17) is 4.74 Å². The van der Waals surface area contributed by atoms with E-state index in [0.717, 1.165) is 5.56 Å². The molecule has 2 nitrogen and oxygen atoms in total. The molecule has 1 atom stereocenters. The van der Waals surface area contributed by atoms with Crippen LogP contribution in [0.4, 0.5) is 0 Å². The van der Waals surface area contributed by atoms with E-state index in [1.165, 1.54) is 11.1 Å². The van der Waals surface area contributed by atoms with Crippen molar-refractivity contribution in [2.75, 3.05) is 0 Å². The van der Waals surface area contributed by atoms with Crippen LogP contribution >= 0.6 is 0 Å². The van der Waals surface area contributed by atoms with Gasteiger partial charge >= 0.3 is 5.97 Å². The molecule has 0 unspecified atom stereocenters. The fraction of sp³-hybridized carbons (Fsp3) is 0.278. The highest BCUT2D eigenvalue weighted by molar-refractivity contribution is 5.70. The minimum Gasteiger partial charge on any atom is -0.461 e. The summed E-state index contributed by atoms with van der Waals surface area (Å²) < 4.78 is 5.31. The zero-order valence-electron chi connectivity index (χ0n) is 12.0. The molecule has 2 aromatic carbocycles. The van der Waals surface area contributed by atoms with Crippen molar-refractivity contribution in [1.29, 1.82) is 0 Å². The number of hydrogen-bond donors (Lipinski definition) is 0. The molecule has 0 aliphatic rings. The number of carbonyl (C=O) groups is 1. The minimum atomic E-state index is -0.151. The molecular weight excluding hydrogens is 248 g/mol. The standard InChI is InChI=1S/C18H20O2/c1-14-8-10-17(11-9-14)15(2)12-18(19)20-13-16-6-4-3-5-7-16/h3-11,15H,12-13H2,1-2H3/t15-/m1/s1. The monoisotopic (exact) mass is 268 g/mol. The predicted molar refractivity (Wildman–Crippen MR) is 80.4 cm³/mol. The Morgan fingerprint density at radius 2 is 1.70 bits per heavy atom. The van der Waals surface area contributed by atoms with Crippen molar-refractivity contribution in [3.8, 4) is 0 Å². The number of esters is 1. The highest BCUT2D eigenvalue weighted by Gasteiger charge is 2.12. The van der Waals surface area contributed by atoms with E-state index in [2.05, 4.69) is 38.1 Å². The Morgan fingerprint density at radius 3 is 2.35 bits per heavy atom. The lowest BCUT2D eigenvalue weighted by Gasteiger charge is -2.12. The van der Waals surface area contributed by atoms with Crippen molar-refractivity contribution in [2.45, 2.75) is 32.8 Å². The first-order chi connectivity index (χ1) is 9.65. The van der Waals surface area contributed by atoms with Crippen LogP contribution in [0.25, 0.3) is 0 Å². The molecule has 0 aromatic heterocycles. The van der Waals surface area contributed by atoms with E-state index >= 15 is 0 Å². The van der Waals surface area contributed by atoms with Crippen molar-refractivity contribution >= 4 is 5.97 Å². The van der Waals surface area contributed by atoms with E-state index in [-0.39, 0.29) is 11.9 Å². The van der Waals surface area contributed by atoms with Gasteiger partial charge in [-0.1, -0.05) is 67.1 Å². The van der Waals surface area contributed by atoms with Crippen LogP contribution in [0.2, 0.25) is 0 Å². The molecule has 0 bridgehead atoms. The Labute approximate surface area is 120 Å². The molecule has 0 spiro atoms. The second-order valence-electron chi connectivity index (χ2n) is 5.16. The molecule has 0 saturated carbocycles. The minimum absolute atomic E-state index is 0.151. The third-order valence-corrected chi connectivity index (χ3v) is 3.36. The summed E-state index contributed by atoms with van der Waals surface area (Å²) in [5.41, 5.74) is 3.42. The maximum Gasteiger partial charge on any atom is 0.306 e. The van der Waals surface area contributed by atoms with Crippen LogP contribution in [0.15, 0.2) is 54.6 Å². The first-order valence-electron chi connectivity index (χ1n) is 6.91. The SMILES string of the molecule is Cc1ccc([C@H](C)CC(=O)OCc2ccccc2)cc1. The zero-order chi connectivity index (χ0) is 14.4. The second-order valence-corrected chi connectivity index (χ2v) is 5.16. The summed E-state index contributed by atoms with van der Waals surface area (Å²) in [6.45, 7) is 4.46. The number of hydrogen-bond acceptors (Lipinski definition) is 2. The quantitative estimate of drug-likeness (QED) is 0.758. The average Bonchev–Trinajstić information content (AvgIpc) is 2.47. The molecule has 0 saturated heterocycles. The highest BCUT2D eigenvalue weighted by Crippen LogP contribution is 2.20. The van der Waals surface area contributed by atoms with Crippen molar-refractivity contribution < 1.29 is 9.53 Å². The van der Waals surface area contributed by atoms with Gasteiger partial charge < -0.3 is 4.74 Å². The molecule has 2 aromatic rings. The van der Waals surface area contributed by atoms with E-state index in [1.807, 2.05) is 30.3 Å². The Hall–Kier alpha value is -2.09. The van der Waals surface area contributed by atoms with Gasteiger partial charge in [0.25, 0.3) is 0 Å². The van der Waals surface area contributed by atoms with Gasteiger partial charge in [-0.05, 0) is 24.0 Å². The van der Waals surface area contributed by atoms with Gasteiger partial charge in [0.2, 0.25) is 0 Å². The van der Waals surface area contributed by atoms with Crippen molar-refractivity contribution in [3.63, 3.8) is 0 Å². The topological polar surface area (TPSA) is 26.3 Å². The van der Waals surface area contributed by atoms with Gasteiger partial charge in [0.15, 0.2) is 0 Å². The number of aryl methyl sites for hydroxylation is 1. The maximum absolute atomic E-state index is 11.8. The molecule has 20 heavy (non-hydrogen) atoms. The number of ether oxygens (including phenoxy) is 1. The first kappa shape index (κ1) is 14.3. The molecule has 2 rings (SSSR count). The van der Waals surface area contributed by atoms with E-state index in [1.54, 1.807) is 0 Å². The van der Waals surface area contributed by atoms with Crippen LogP contribution < -0.4 is 0 Å². The number of rotatable bonds is 5. The van der Waals surface area contributed by atoms with Crippen LogP contribution in [-0.2, 0) is 16.1 Å². The van der Waals surface area contributed by atoms with Gasteiger partial charge in [-0.2, -0.15) is 0 Å². The van der Waals surface area contributed by atoms with Crippen LogP contribution in [0.3, 0.4) is 0 Å². The lowest BCUT2D eigenvalue weighted by Crippen LogP contribution is -2.08.